The molecule has 0 bridgehead atoms. The lowest BCUT2D eigenvalue weighted by Gasteiger charge is -2.62. The Kier molecular flexibility index (Phi) is 5.34. The Balaban J connectivity index is 1.74. The minimum Gasteiger partial charge on any atom is -0.390 e. The van der Waals surface area contributed by atoms with Crippen molar-refractivity contribution in [3.05, 3.63) is 23.8 Å². The summed E-state index contributed by atoms with van der Waals surface area (Å²) in [6, 6.07) is 0. The van der Waals surface area contributed by atoms with E-state index in [0.29, 0.717) is 24.8 Å². The molecule has 3 fully saturated rings. The summed E-state index contributed by atoms with van der Waals surface area (Å²) in [5.74, 6) is -2.87. The number of Topliss-reactive ketones (excluding diaryl/α,β-unsaturated/α-hetero) is 1. The number of alkyl halides is 1. The first kappa shape index (κ1) is 23.9. The van der Waals surface area contributed by atoms with E-state index < -0.39 is 66.2 Å². The standard InChI is InChI=1S/C22H30FO8P/c1-12-8-16-15-5-4-13-9-14(24)6-7-19(13,2)21(15,23)17(25)10-20(16,3)22(12,27)18(26)11-31-32(28,29)30/h6-7,9,12,15-17,25,27H,4-5,8,10-11H2,1-3H3,(H2,28,29,30)/t12-,15-,16-,17+,19-,20-,21+,22-/m0/s1. The molecular weight excluding hydrogens is 442 g/mol. The number of fused-ring (bicyclic) bond motifs is 5. The van der Waals surface area contributed by atoms with Crippen molar-refractivity contribution in [2.24, 2.45) is 28.6 Å². The molecule has 0 unspecified atom stereocenters. The smallest absolute Gasteiger partial charge is 0.390 e. The van der Waals surface area contributed by atoms with Gasteiger partial charge in [0.1, 0.15) is 12.2 Å². The zero-order chi connectivity index (χ0) is 23.9. The average Bonchev–Trinajstić information content (AvgIpc) is 2.89. The van der Waals surface area contributed by atoms with Crippen LogP contribution in [0.2, 0.25) is 0 Å². The second-order valence-corrected chi connectivity index (χ2v) is 11.6. The van der Waals surface area contributed by atoms with Crippen molar-refractivity contribution < 1.29 is 43.1 Å². The van der Waals surface area contributed by atoms with Crippen LogP contribution < -0.4 is 0 Å². The van der Waals surface area contributed by atoms with Gasteiger partial charge >= 0.3 is 7.82 Å². The lowest BCUT2D eigenvalue weighted by atomic mass is 9.44. The summed E-state index contributed by atoms with van der Waals surface area (Å²) in [5.41, 5.74) is -5.88. The Morgan fingerprint density at radius 3 is 2.59 bits per heavy atom. The summed E-state index contributed by atoms with van der Waals surface area (Å²) in [7, 11) is -4.93. The van der Waals surface area contributed by atoms with Crippen LogP contribution in [0.5, 0.6) is 0 Å². The van der Waals surface area contributed by atoms with Crippen molar-refractivity contribution in [1.29, 1.82) is 0 Å². The van der Waals surface area contributed by atoms with Gasteiger partial charge in [0, 0.05) is 16.7 Å². The number of carbonyl (C=O) groups excluding carboxylic acids is 2. The van der Waals surface area contributed by atoms with E-state index in [1.165, 1.54) is 18.2 Å². The molecule has 8 nitrogen and oxygen atoms in total. The first-order chi connectivity index (χ1) is 14.6. The SMILES string of the molecule is C[C@H]1C[C@H]2[C@@H]3CCC4=CC(=O)C=C[C@]4(C)[C@]3(F)[C@H](O)C[C@]2(C)[C@@]1(O)C(=O)COP(=O)(O)O. The van der Waals surface area contributed by atoms with Crippen molar-refractivity contribution >= 4 is 19.4 Å². The van der Waals surface area contributed by atoms with Gasteiger partial charge in [-0.15, -0.1) is 0 Å². The molecule has 0 heterocycles. The minimum absolute atomic E-state index is 0.211. The molecule has 4 aliphatic carbocycles. The Labute approximate surface area is 185 Å². The van der Waals surface area contributed by atoms with E-state index in [2.05, 4.69) is 4.52 Å². The zero-order valence-corrected chi connectivity index (χ0v) is 19.2. The number of hydrogen-bond acceptors (Lipinski definition) is 6. The second-order valence-electron chi connectivity index (χ2n) is 10.4. The van der Waals surface area contributed by atoms with Gasteiger partial charge in [0.05, 0.1) is 6.10 Å². The Bertz CT molecular complexity index is 973. The Morgan fingerprint density at radius 2 is 1.97 bits per heavy atom. The Hall–Kier alpha value is -1.22. The van der Waals surface area contributed by atoms with Crippen LogP contribution in [0.15, 0.2) is 23.8 Å². The number of aliphatic hydroxyl groups is 2. The van der Waals surface area contributed by atoms with E-state index in [1.807, 2.05) is 0 Å². The highest BCUT2D eigenvalue weighted by molar-refractivity contribution is 7.46. The molecule has 32 heavy (non-hydrogen) atoms. The lowest BCUT2D eigenvalue weighted by Crippen LogP contribution is -2.69. The summed E-state index contributed by atoms with van der Waals surface area (Å²) in [6.45, 7) is 4.00. The van der Waals surface area contributed by atoms with Crippen molar-refractivity contribution in [2.75, 3.05) is 6.61 Å². The van der Waals surface area contributed by atoms with E-state index in [1.54, 1.807) is 20.8 Å². The molecule has 0 aliphatic heterocycles. The average molecular weight is 472 g/mol. The number of allylic oxidation sites excluding steroid dienone is 4. The Morgan fingerprint density at radius 1 is 1.31 bits per heavy atom. The van der Waals surface area contributed by atoms with E-state index in [-0.39, 0.29) is 12.2 Å². The van der Waals surface area contributed by atoms with Gasteiger partial charge in [0.2, 0.25) is 0 Å². The third-order valence-electron chi connectivity index (χ3n) is 9.01. The molecule has 0 aromatic carbocycles. The molecule has 0 aromatic rings. The van der Waals surface area contributed by atoms with Crippen LogP contribution in [0.25, 0.3) is 0 Å². The third kappa shape index (κ3) is 2.95. The van der Waals surface area contributed by atoms with Crippen LogP contribution >= 0.6 is 7.82 Å². The highest BCUT2D eigenvalue weighted by atomic mass is 31.2. The molecule has 8 atom stereocenters. The van der Waals surface area contributed by atoms with Gasteiger partial charge in [-0.3, -0.25) is 14.1 Å². The highest BCUT2D eigenvalue weighted by Crippen LogP contribution is 2.70. The first-order valence-electron chi connectivity index (χ1n) is 10.9. The number of carbonyl (C=O) groups is 2. The van der Waals surface area contributed by atoms with Gasteiger partial charge in [-0.25, -0.2) is 8.96 Å². The maximum absolute atomic E-state index is 17.0. The predicted octanol–water partition coefficient (Wildman–Crippen LogP) is 2.01. The predicted molar refractivity (Wildman–Crippen MR) is 111 cm³/mol. The fourth-order valence-electron chi connectivity index (χ4n) is 7.39. The van der Waals surface area contributed by atoms with Gasteiger partial charge in [-0.1, -0.05) is 25.5 Å². The van der Waals surface area contributed by atoms with Crippen LogP contribution in [0.3, 0.4) is 0 Å². The lowest BCUT2D eigenvalue weighted by molar-refractivity contribution is -0.219. The molecule has 4 aliphatic rings. The molecule has 0 amide bonds. The monoisotopic (exact) mass is 472 g/mol. The molecular formula is C22H30FO8P. The van der Waals surface area contributed by atoms with Crippen LogP contribution in [0.1, 0.15) is 46.5 Å². The number of halogens is 1. The zero-order valence-electron chi connectivity index (χ0n) is 18.3. The summed E-state index contributed by atoms with van der Waals surface area (Å²) >= 11 is 0. The van der Waals surface area contributed by atoms with Crippen molar-refractivity contribution in [3.63, 3.8) is 0 Å². The van der Waals surface area contributed by atoms with Gasteiger partial charge < -0.3 is 20.0 Å². The van der Waals surface area contributed by atoms with Gasteiger partial charge in [0.25, 0.3) is 0 Å². The van der Waals surface area contributed by atoms with Crippen LogP contribution in [-0.2, 0) is 18.7 Å². The summed E-state index contributed by atoms with van der Waals surface area (Å²) in [6.07, 6.45) is 3.70. The van der Waals surface area contributed by atoms with Gasteiger partial charge in [-0.2, -0.15) is 0 Å². The highest BCUT2D eigenvalue weighted by Gasteiger charge is 2.75. The fraction of sp³-hybridized carbons (Fsp3) is 0.727. The normalized spacial score (nSPS) is 48.0. The van der Waals surface area contributed by atoms with Crippen LogP contribution in [-0.4, -0.2) is 55.5 Å². The van der Waals surface area contributed by atoms with Gasteiger partial charge in [-0.05, 0) is 56.6 Å². The number of phosphoric acid groups is 1. The fourth-order valence-corrected chi connectivity index (χ4v) is 7.68. The van der Waals surface area contributed by atoms with Crippen molar-refractivity contribution in [1.82, 2.24) is 0 Å². The van der Waals surface area contributed by atoms with Crippen LogP contribution in [0.4, 0.5) is 4.39 Å². The van der Waals surface area contributed by atoms with Gasteiger partial charge in [0.15, 0.2) is 17.2 Å². The first-order valence-corrected chi connectivity index (χ1v) is 12.4. The largest absolute Gasteiger partial charge is 0.470 e. The molecule has 178 valence electrons. The summed E-state index contributed by atoms with van der Waals surface area (Å²) < 4.78 is 32.5. The minimum atomic E-state index is -4.93. The maximum atomic E-state index is 17.0. The molecule has 0 saturated heterocycles. The number of ketones is 2. The number of phosphoric ester groups is 1. The van der Waals surface area contributed by atoms with Crippen LogP contribution in [0, 0.1) is 28.6 Å². The molecule has 0 radical (unpaired) electrons. The maximum Gasteiger partial charge on any atom is 0.470 e. The van der Waals surface area contributed by atoms with E-state index >= 15 is 4.39 Å². The van der Waals surface area contributed by atoms with E-state index in [9.17, 15) is 24.4 Å². The second kappa shape index (κ2) is 7.14. The molecule has 0 aromatic heterocycles. The number of rotatable bonds is 4. The van der Waals surface area contributed by atoms with E-state index in [4.69, 9.17) is 9.79 Å². The third-order valence-corrected chi connectivity index (χ3v) is 9.48. The summed E-state index contributed by atoms with van der Waals surface area (Å²) in [4.78, 5) is 42.8. The number of hydrogen-bond donors (Lipinski definition) is 4. The van der Waals surface area contributed by atoms with E-state index in [0.717, 1.165) is 0 Å². The molecule has 0 spiro atoms. The molecule has 10 heteroatoms. The molecule has 4 rings (SSSR count). The summed E-state index contributed by atoms with van der Waals surface area (Å²) in [5, 5.41) is 22.8. The van der Waals surface area contributed by atoms with Crippen molar-refractivity contribution in [2.45, 2.75) is 63.8 Å². The molecule has 3 saturated carbocycles. The molecule has 4 N–H and O–H groups in total. The topological polar surface area (TPSA) is 141 Å². The number of aliphatic hydroxyl groups excluding tert-OH is 1. The van der Waals surface area contributed by atoms with Crippen molar-refractivity contribution in [3.8, 4) is 0 Å². The quantitative estimate of drug-likeness (QED) is 0.456.